The predicted molar refractivity (Wildman–Crippen MR) is 56.8 cm³/mol. The van der Waals surface area contributed by atoms with Crippen LogP contribution in [0.3, 0.4) is 0 Å². The first-order valence-electron chi connectivity index (χ1n) is 4.33. The molecule has 0 aliphatic carbocycles. The van der Waals surface area contributed by atoms with Gasteiger partial charge in [-0.05, 0) is 12.1 Å². The van der Waals surface area contributed by atoms with Gasteiger partial charge < -0.3 is 10.2 Å². The minimum atomic E-state index is -0.00519. The number of halogens is 1. The van der Waals surface area contributed by atoms with E-state index in [4.69, 9.17) is 11.6 Å². The molecule has 2 aromatic rings. The van der Waals surface area contributed by atoms with E-state index in [0.717, 1.165) is 0 Å². The van der Waals surface area contributed by atoms with E-state index in [0.29, 0.717) is 5.02 Å². The van der Waals surface area contributed by atoms with Gasteiger partial charge in [-0.3, -0.25) is 0 Å². The minimum Gasteiger partial charge on any atom is -0.872 e. The molecule has 5 heteroatoms. The fraction of sp³-hybridized carbons (Fsp3) is 0. The molecule has 0 aliphatic rings. The van der Waals surface area contributed by atoms with E-state index in [2.05, 4.69) is 0 Å². The van der Waals surface area contributed by atoms with Crippen LogP contribution >= 0.6 is 11.6 Å². The first-order chi connectivity index (χ1) is 7.18. The Morgan fingerprint density at radius 1 is 0.647 bits per heavy atom. The van der Waals surface area contributed by atoms with Crippen LogP contribution in [-0.2, 0) is 0 Å². The van der Waals surface area contributed by atoms with Gasteiger partial charge in [0, 0.05) is 5.02 Å². The molecule has 0 N–H and O–H groups in total. The van der Waals surface area contributed by atoms with E-state index in [1.807, 2.05) is 6.07 Å². The summed E-state index contributed by atoms with van der Waals surface area (Å²) >= 11 is 5.47. The molecular weight excluding hydrogens is 258 g/mol. The van der Waals surface area contributed by atoms with Crippen molar-refractivity contribution >= 4 is 11.6 Å². The summed E-state index contributed by atoms with van der Waals surface area (Å²) in [6.45, 7) is 0. The van der Waals surface area contributed by atoms with Crippen molar-refractivity contribution in [3.8, 4) is 11.5 Å². The third kappa shape index (κ3) is 9.98. The van der Waals surface area contributed by atoms with Crippen LogP contribution in [0.1, 0.15) is 0 Å². The van der Waals surface area contributed by atoms with Crippen molar-refractivity contribution in [2.24, 2.45) is 0 Å². The maximum Gasteiger partial charge on any atom is 1.00 e. The molecule has 0 aliphatic heterocycles. The first kappa shape index (κ1) is 19.7. The zero-order valence-corrected chi connectivity index (χ0v) is 14.6. The molecule has 0 saturated carbocycles. The van der Waals surface area contributed by atoms with E-state index >= 15 is 0 Å². The van der Waals surface area contributed by atoms with Gasteiger partial charge in [-0.25, -0.2) is 0 Å². The van der Waals surface area contributed by atoms with E-state index in [1.165, 1.54) is 24.3 Å². The van der Waals surface area contributed by atoms with Crippen LogP contribution in [-0.4, -0.2) is 0 Å². The number of benzene rings is 2. The van der Waals surface area contributed by atoms with Gasteiger partial charge >= 0.3 is 59.1 Å². The Hall–Kier alpha value is 0.330. The summed E-state index contributed by atoms with van der Waals surface area (Å²) in [5, 5.41) is 21.2. The molecule has 0 bridgehead atoms. The molecule has 0 saturated heterocycles. The Balaban J connectivity index is 0. The molecule has 0 unspecified atom stereocenters. The van der Waals surface area contributed by atoms with Gasteiger partial charge in [0.1, 0.15) is 0 Å². The van der Waals surface area contributed by atoms with Crippen molar-refractivity contribution in [3.05, 3.63) is 59.6 Å². The van der Waals surface area contributed by atoms with Crippen molar-refractivity contribution < 1.29 is 69.3 Å². The molecule has 0 fully saturated rings. The van der Waals surface area contributed by atoms with Gasteiger partial charge in [-0.1, -0.05) is 54.1 Å². The molecule has 2 aromatic carbocycles. The third-order valence-corrected chi connectivity index (χ3v) is 1.81. The Kier molecular flexibility index (Phi) is 13.2. The van der Waals surface area contributed by atoms with Gasteiger partial charge in [0.05, 0.1) is 0 Å². The number of para-hydroxylation sites is 1. The van der Waals surface area contributed by atoms with Crippen LogP contribution < -0.4 is 69.3 Å². The molecule has 17 heavy (non-hydrogen) atoms. The van der Waals surface area contributed by atoms with E-state index in [1.54, 1.807) is 24.3 Å². The maximum absolute atomic E-state index is 10.4. The fourth-order valence-corrected chi connectivity index (χ4v) is 0.981. The van der Waals surface area contributed by atoms with Crippen LogP contribution in [0.4, 0.5) is 0 Å². The van der Waals surface area contributed by atoms with Crippen LogP contribution in [0.5, 0.6) is 11.5 Å². The molecule has 0 aromatic heterocycles. The Labute approximate surface area is 150 Å². The van der Waals surface area contributed by atoms with Crippen molar-refractivity contribution in [2.45, 2.75) is 0 Å². The molecule has 78 valence electrons. The zero-order valence-electron chi connectivity index (χ0n) is 9.89. The first-order valence-corrected chi connectivity index (χ1v) is 4.71. The van der Waals surface area contributed by atoms with Gasteiger partial charge in [-0.2, -0.15) is 0 Å². The summed E-state index contributed by atoms with van der Waals surface area (Å²) in [6.07, 6.45) is 0. The summed E-state index contributed by atoms with van der Waals surface area (Å²) in [5.74, 6) is 0.0666. The smallest absolute Gasteiger partial charge is 0.872 e. The van der Waals surface area contributed by atoms with Gasteiger partial charge in [0.15, 0.2) is 0 Å². The summed E-state index contributed by atoms with van der Waals surface area (Å²) in [7, 11) is 0. The fourth-order valence-electron chi connectivity index (χ4n) is 0.855. The largest absolute Gasteiger partial charge is 1.00 e. The molecule has 2 rings (SSSR count). The van der Waals surface area contributed by atoms with Crippen molar-refractivity contribution in [1.82, 2.24) is 0 Å². The van der Waals surface area contributed by atoms with E-state index in [9.17, 15) is 10.2 Å². The molecular formula is C12H9ClNa2O2. The normalized spacial score (nSPS) is 7.82. The van der Waals surface area contributed by atoms with Crippen LogP contribution in [0.2, 0.25) is 5.02 Å². The Morgan fingerprint density at radius 3 is 1.35 bits per heavy atom. The monoisotopic (exact) mass is 266 g/mol. The van der Waals surface area contributed by atoms with Crippen molar-refractivity contribution in [2.75, 3.05) is 0 Å². The maximum atomic E-state index is 10.4. The second kappa shape index (κ2) is 11.4. The molecule has 0 amide bonds. The molecule has 0 spiro atoms. The van der Waals surface area contributed by atoms with Crippen molar-refractivity contribution in [3.63, 3.8) is 0 Å². The Bertz CT molecular complexity index is 372. The third-order valence-electron chi connectivity index (χ3n) is 1.56. The SMILES string of the molecule is [Na+].[Na+].[O-]c1ccc(Cl)cc1.[O-]c1ccccc1. The summed E-state index contributed by atoms with van der Waals surface area (Å²) in [5.41, 5.74) is 0. The molecule has 0 atom stereocenters. The van der Waals surface area contributed by atoms with Crippen LogP contribution in [0, 0.1) is 0 Å². The predicted octanol–water partition coefficient (Wildman–Crippen LogP) is -3.82. The second-order valence-electron chi connectivity index (χ2n) is 2.77. The van der Waals surface area contributed by atoms with E-state index in [-0.39, 0.29) is 70.6 Å². The average Bonchev–Trinajstić information content (AvgIpc) is 2.25. The molecule has 0 radical (unpaired) electrons. The number of rotatable bonds is 0. The molecule has 0 heterocycles. The summed E-state index contributed by atoms with van der Waals surface area (Å²) in [4.78, 5) is 0. The van der Waals surface area contributed by atoms with Crippen LogP contribution in [0.25, 0.3) is 0 Å². The molecule has 2 nitrogen and oxygen atoms in total. The van der Waals surface area contributed by atoms with Gasteiger partial charge in [-0.15, -0.1) is 11.5 Å². The number of hydrogen-bond acceptors (Lipinski definition) is 2. The van der Waals surface area contributed by atoms with Crippen molar-refractivity contribution in [1.29, 1.82) is 0 Å². The standard InChI is InChI=1S/C6H5ClO.C6H6O.2Na/c7-5-1-3-6(8)4-2-5;7-6-4-2-1-3-5-6;;/h1-4,8H;1-5,7H;;/q;;2*+1/p-2. The quantitative estimate of drug-likeness (QED) is 0.459. The van der Waals surface area contributed by atoms with Crippen LogP contribution in [0.15, 0.2) is 54.6 Å². The van der Waals surface area contributed by atoms with Gasteiger partial charge in [0.2, 0.25) is 0 Å². The zero-order chi connectivity index (χ0) is 11.1. The average molecular weight is 267 g/mol. The topological polar surface area (TPSA) is 46.1 Å². The summed E-state index contributed by atoms with van der Waals surface area (Å²) < 4.78 is 0. The van der Waals surface area contributed by atoms with E-state index < -0.39 is 0 Å². The minimum absolute atomic E-state index is 0. The second-order valence-corrected chi connectivity index (χ2v) is 3.20. The number of hydrogen-bond donors (Lipinski definition) is 0. The van der Waals surface area contributed by atoms with Gasteiger partial charge in [0.25, 0.3) is 0 Å². The Morgan fingerprint density at radius 2 is 1.06 bits per heavy atom. The summed E-state index contributed by atoms with van der Waals surface area (Å²) in [6, 6.07) is 14.3.